The van der Waals surface area contributed by atoms with Gasteiger partial charge in [-0.1, -0.05) is 58.8 Å². The SMILES string of the molecule is COc1cc(C=c2sc3nc4ccccc4n3c2=O)ccc1OCc1ccc(Cl)cc1Cl. The molecule has 8 heteroatoms. The first-order valence-electron chi connectivity index (χ1n) is 9.70. The molecule has 0 aliphatic rings. The quantitative estimate of drug-likeness (QED) is 0.338. The predicted molar refractivity (Wildman–Crippen MR) is 129 cm³/mol. The zero-order valence-corrected chi connectivity index (χ0v) is 19.2. The topological polar surface area (TPSA) is 52.8 Å². The number of imidazole rings is 1. The molecule has 5 aromatic rings. The molecule has 0 fully saturated rings. The molecule has 0 spiro atoms. The van der Waals surface area contributed by atoms with Gasteiger partial charge in [0.25, 0.3) is 5.56 Å². The number of para-hydroxylation sites is 2. The number of hydrogen-bond acceptors (Lipinski definition) is 5. The van der Waals surface area contributed by atoms with Crippen molar-refractivity contribution in [3.63, 3.8) is 0 Å². The van der Waals surface area contributed by atoms with Crippen LogP contribution in [0.15, 0.2) is 65.5 Å². The molecule has 32 heavy (non-hydrogen) atoms. The molecule has 5 rings (SSSR count). The van der Waals surface area contributed by atoms with E-state index in [2.05, 4.69) is 4.98 Å². The van der Waals surface area contributed by atoms with Crippen LogP contribution in [0.2, 0.25) is 10.0 Å². The summed E-state index contributed by atoms with van der Waals surface area (Å²) >= 11 is 13.5. The van der Waals surface area contributed by atoms with Crippen LogP contribution >= 0.6 is 34.5 Å². The third-order valence-corrected chi connectivity index (χ3v) is 6.58. The Hall–Kier alpha value is -3.06. The van der Waals surface area contributed by atoms with Gasteiger partial charge in [0.05, 0.1) is 22.7 Å². The van der Waals surface area contributed by atoms with Crippen molar-refractivity contribution in [2.24, 2.45) is 0 Å². The van der Waals surface area contributed by atoms with Gasteiger partial charge in [0.2, 0.25) is 0 Å². The van der Waals surface area contributed by atoms with Crippen LogP contribution in [0.25, 0.3) is 22.1 Å². The average Bonchev–Trinajstić information content (AvgIpc) is 3.29. The molecule has 0 atom stereocenters. The highest BCUT2D eigenvalue weighted by molar-refractivity contribution is 7.15. The van der Waals surface area contributed by atoms with Gasteiger partial charge in [0.1, 0.15) is 6.61 Å². The van der Waals surface area contributed by atoms with Gasteiger partial charge in [-0.05, 0) is 48.0 Å². The molecule has 0 aliphatic carbocycles. The van der Waals surface area contributed by atoms with Gasteiger partial charge in [-0.25, -0.2) is 9.38 Å². The second kappa shape index (κ2) is 8.47. The summed E-state index contributed by atoms with van der Waals surface area (Å²) in [6, 6.07) is 18.4. The average molecular weight is 483 g/mol. The lowest BCUT2D eigenvalue weighted by Gasteiger charge is -2.12. The molecule has 0 aliphatic heterocycles. The van der Waals surface area contributed by atoms with Crippen LogP contribution in [0.4, 0.5) is 0 Å². The van der Waals surface area contributed by atoms with Gasteiger partial charge in [-0.2, -0.15) is 0 Å². The molecule has 3 aromatic carbocycles. The molecule has 0 saturated carbocycles. The zero-order chi connectivity index (χ0) is 22.2. The molecular weight excluding hydrogens is 467 g/mol. The number of fused-ring (bicyclic) bond motifs is 3. The number of methoxy groups -OCH3 is 1. The fourth-order valence-corrected chi connectivity index (χ4v) is 4.90. The van der Waals surface area contributed by atoms with E-state index in [9.17, 15) is 4.79 Å². The number of halogens is 2. The first-order valence-corrected chi connectivity index (χ1v) is 11.3. The molecule has 0 saturated heterocycles. The second-order valence-corrected chi connectivity index (χ2v) is 8.92. The number of aromatic nitrogens is 2. The summed E-state index contributed by atoms with van der Waals surface area (Å²) in [6.45, 7) is 0.273. The van der Waals surface area contributed by atoms with E-state index < -0.39 is 0 Å². The van der Waals surface area contributed by atoms with E-state index in [1.165, 1.54) is 11.3 Å². The molecule has 0 radical (unpaired) electrons. The van der Waals surface area contributed by atoms with Crippen molar-refractivity contribution in [3.8, 4) is 11.5 Å². The normalized spacial score (nSPS) is 12.0. The maximum atomic E-state index is 13.0. The Morgan fingerprint density at radius 3 is 2.72 bits per heavy atom. The molecule has 0 unspecified atom stereocenters. The van der Waals surface area contributed by atoms with Crippen LogP contribution in [0.5, 0.6) is 11.5 Å². The first kappa shape index (κ1) is 20.8. The lowest BCUT2D eigenvalue weighted by atomic mass is 10.2. The standard InChI is InChI=1S/C24H16Cl2N2O3S/c1-30-21-10-14(6-9-20(21)31-13-15-7-8-16(25)12-17(15)26)11-22-23(29)28-19-5-3-2-4-18(19)27-24(28)32-22/h2-12H,13H2,1H3. The minimum absolute atomic E-state index is 0.0876. The van der Waals surface area contributed by atoms with Gasteiger partial charge in [-0.15, -0.1) is 0 Å². The number of hydrogen-bond donors (Lipinski definition) is 0. The lowest BCUT2D eigenvalue weighted by molar-refractivity contribution is 0.284. The molecule has 0 N–H and O–H groups in total. The lowest BCUT2D eigenvalue weighted by Crippen LogP contribution is -2.22. The van der Waals surface area contributed by atoms with Crippen molar-refractivity contribution in [3.05, 3.63) is 96.7 Å². The Morgan fingerprint density at radius 2 is 1.91 bits per heavy atom. The number of benzene rings is 3. The monoisotopic (exact) mass is 482 g/mol. The Bertz CT molecular complexity index is 1580. The highest BCUT2D eigenvalue weighted by Crippen LogP contribution is 2.30. The summed E-state index contributed by atoms with van der Waals surface area (Å²) < 4.78 is 13.7. The molecule has 160 valence electrons. The van der Waals surface area contributed by atoms with Gasteiger partial charge in [0.15, 0.2) is 16.5 Å². The Kier molecular flexibility index (Phi) is 5.51. The van der Waals surface area contributed by atoms with E-state index in [0.29, 0.717) is 31.0 Å². The highest BCUT2D eigenvalue weighted by atomic mass is 35.5. The fourth-order valence-electron chi connectivity index (χ4n) is 3.45. The summed E-state index contributed by atoms with van der Waals surface area (Å²) in [5.74, 6) is 1.13. The number of ether oxygens (including phenoxy) is 2. The number of nitrogens with zero attached hydrogens (tertiary/aromatic N) is 2. The minimum Gasteiger partial charge on any atom is -0.493 e. The summed E-state index contributed by atoms with van der Waals surface area (Å²) in [4.78, 5) is 18.2. The van der Waals surface area contributed by atoms with Gasteiger partial charge in [-0.3, -0.25) is 4.79 Å². The molecule has 2 aromatic heterocycles. The van der Waals surface area contributed by atoms with Crippen LogP contribution in [0.3, 0.4) is 0 Å². The van der Waals surface area contributed by atoms with Crippen molar-refractivity contribution < 1.29 is 9.47 Å². The Morgan fingerprint density at radius 1 is 1.06 bits per heavy atom. The Balaban J connectivity index is 1.46. The summed E-state index contributed by atoms with van der Waals surface area (Å²) in [6.07, 6.45) is 1.83. The fraction of sp³-hybridized carbons (Fsp3) is 0.0833. The van der Waals surface area contributed by atoms with E-state index >= 15 is 0 Å². The third-order valence-electron chi connectivity index (χ3n) is 5.03. The highest BCUT2D eigenvalue weighted by Gasteiger charge is 2.12. The molecule has 0 amide bonds. The maximum absolute atomic E-state index is 13.0. The van der Waals surface area contributed by atoms with E-state index in [-0.39, 0.29) is 12.2 Å². The maximum Gasteiger partial charge on any atom is 0.274 e. The number of rotatable bonds is 5. The van der Waals surface area contributed by atoms with Gasteiger partial charge < -0.3 is 9.47 Å². The third kappa shape index (κ3) is 3.81. The molecule has 2 heterocycles. The minimum atomic E-state index is -0.0876. The van der Waals surface area contributed by atoms with E-state index in [4.69, 9.17) is 32.7 Å². The number of thiazole rings is 1. The molecule has 5 nitrogen and oxygen atoms in total. The van der Waals surface area contributed by atoms with Crippen LogP contribution in [0, 0.1) is 0 Å². The van der Waals surface area contributed by atoms with Gasteiger partial charge in [0, 0.05) is 15.6 Å². The molecular formula is C24H16Cl2N2O3S. The van der Waals surface area contributed by atoms with Crippen molar-refractivity contribution >= 4 is 56.6 Å². The van der Waals surface area contributed by atoms with E-state index in [1.807, 2.05) is 54.6 Å². The Labute approximate surface area is 197 Å². The van der Waals surface area contributed by atoms with Crippen molar-refractivity contribution in [1.29, 1.82) is 0 Å². The van der Waals surface area contributed by atoms with Crippen LogP contribution in [-0.2, 0) is 6.61 Å². The van der Waals surface area contributed by atoms with Crippen LogP contribution < -0.4 is 19.6 Å². The zero-order valence-electron chi connectivity index (χ0n) is 16.8. The van der Waals surface area contributed by atoms with Gasteiger partial charge >= 0.3 is 0 Å². The smallest absolute Gasteiger partial charge is 0.274 e. The summed E-state index contributed by atoms with van der Waals surface area (Å²) in [7, 11) is 1.58. The largest absolute Gasteiger partial charge is 0.493 e. The summed E-state index contributed by atoms with van der Waals surface area (Å²) in [5, 5.41) is 1.11. The van der Waals surface area contributed by atoms with Crippen molar-refractivity contribution in [2.75, 3.05) is 7.11 Å². The van der Waals surface area contributed by atoms with Crippen molar-refractivity contribution in [1.82, 2.24) is 9.38 Å². The molecule has 0 bridgehead atoms. The van der Waals surface area contributed by atoms with E-state index in [1.54, 1.807) is 23.6 Å². The van der Waals surface area contributed by atoms with Crippen LogP contribution in [0.1, 0.15) is 11.1 Å². The summed E-state index contributed by atoms with van der Waals surface area (Å²) in [5.41, 5.74) is 3.18. The second-order valence-electron chi connectivity index (χ2n) is 7.07. The first-order chi connectivity index (χ1) is 15.5. The predicted octanol–water partition coefficient (Wildman–Crippen LogP) is 5.35. The van der Waals surface area contributed by atoms with Crippen LogP contribution in [-0.4, -0.2) is 16.5 Å². The van der Waals surface area contributed by atoms with E-state index in [0.717, 1.165) is 22.2 Å². The van der Waals surface area contributed by atoms with Crippen molar-refractivity contribution in [2.45, 2.75) is 6.61 Å².